The van der Waals surface area contributed by atoms with Crippen molar-refractivity contribution in [1.29, 1.82) is 0 Å². The summed E-state index contributed by atoms with van der Waals surface area (Å²) in [6.45, 7) is 2.01. The fourth-order valence-electron chi connectivity index (χ4n) is 3.75. The third kappa shape index (κ3) is 4.54. The number of halogens is 1. The van der Waals surface area contributed by atoms with Gasteiger partial charge in [0, 0.05) is 23.8 Å². The van der Waals surface area contributed by atoms with Crippen molar-refractivity contribution in [1.82, 2.24) is 19.5 Å². The fourth-order valence-corrected chi connectivity index (χ4v) is 5.32. The third-order valence-electron chi connectivity index (χ3n) is 5.70. The third-order valence-corrected chi connectivity index (χ3v) is 7.93. The number of sulfonamides is 1. The van der Waals surface area contributed by atoms with E-state index >= 15 is 0 Å². The zero-order chi connectivity index (χ0) is 23.9. The summed E-state index contributed by atoms with van der Waals surface area (Å²) in [7, 11) is -3.32. The summed E-state index contributed by atoms with van der Waals surface area (Å²) in [5.74, 6) is -0.392. The van der Waals surface area contributed by atoms with Crippen LogP contribution >= 0.6 is 11.6 Å². The number of aromatic nitrogens is 3. The van der Waals surface area contributed by atoms with Crippen LogP contribution in [-0.2, 0) is 16.6 Å². The van der Waals surface area contributed by atoms with Gasteiger partial charge in [0.25, 0.3) is 5.91 Å². The molecule has 1 amide bonds. The summed E-state index contributed by atoms with van der Waals surface area (Å²) in [5.41, 5.74) is 4.08. The molecule has 2 aromatic heterocycles. The topological polar surface area (TPSA) is 106 Å². The molecule has 2 N–H and O–H groups in total. The minimum absolute atomic E-state index is 0.101. The van der Waals surface area contributed by atoms with Crippen molar-refractivity contribution in [3.8, 4) is 5.69 Å². The van der Waals surface area contributed by atoms with Crippen LogP contribution in [-0.4, -0.2) is 34.3 Å². The maximum Gasteiger partial charge on any atom is 0.257 e. The summed E-state index contributed by atoms with van der Waals surface area (Å²) in [5, 5.41) is 8.16. The zero-order valence-electron chi connectivity index (χ0n) is 18.3. The Morgan fingerprint density at radius 3 is 2.76 bits per heavy atom. The van der Waals surface area contributed by atoms with Crippen LogP contribution in [0.1, 0.15) is 34.5 Å². The maximum atomic E-state index is 13.1. The van der Waals surface area contributed by atoms with Gasteiger partial charge in [0.05, 0.1) is 38.9 Å². The number of nitrogens with zero attached hydrogens (tertiary/aromatic N) is 3. The number of nitrogens with one attached hydrogen (secondary N) is 2. The molecular weight excluding hydrogens is 474 g/mol. The normalized spacial score (nSPS) is 13.8. The van der Waals surface area contributed by atoms with Crippen LogP contribution in [0.2, 0.25) is 5.02 Å². The number of carbonyl (C=O) groups is 1. The van der Waals surface area contributed by atoms with Gasteiger partial charge in [-0.1, -0.05) is 23.7 Å². The van der Waals surface area contributed by atoms with Crippen molar-refractivity contribution in [2.75, 3.05) is 5.32 Å². The van der Waals surface area contributed by atoms with E-state index in [0.29, 0.717) is 24.1 Å². The highest BCUT2D eigenvalue weighted by molar-refractivity contribution is 7.90. The van der Waals surface area contributed by atoms with E-state index in [0.717, 1.165) is 22.3 Å². The number of rotatable bonds is 7. The Kier molecular flexibility index (Phi) is 5.85. The van der Waals surface area contributed by atoms with E-state index in [4.69, 9.17) is 11.6 Å². The molecule has 0 atom stereocenters. The SMILES string of the molecule is Cc1cc(-n2ncc3c(NC(=O)c4cc(CNS(=O)(=O)C5CC5)ccc4Cl)cccc32)ccn1. The fraction of sp³-hybridized carbons (Fsp3) is 0.208. The monoisotopic (exact) mass is 495 g/mol. The second kappa shape index (κ2) is 8.83. The van der Waals surface area contributed by atoms with Crippen LogP contribution in [0.5, 0.6) is 0 Å². The Bertz CT molecular complexity index is 1510. The molecule has 0 radical (unpaired) electrons. The smallest absolute Gasteiger partial charge is 0.257 e. The number of carbonyl (C=O) groups excluding carboxylic acids is 1. The molecule has 0 spiro atoms. The lowest BCUT2D eigenvalue weighted by molar-refractivity contribution is 0.102. The largest absolute Gasteiger partial charge is 0.321 e. The first-order valence-corrected chi connectivity index (χ1v) is 12.7. The molecule has 2 heterocycles. The first-order valence-electron chi connectivity index (χ1n) is 10.8. The summed E-state index contributed by atoms with van der Waals surface area (Å²) >= 11 is 6.30. The standard InChI is InChI=1S/C24H22ClN5O3S/c1-15-11-17(9-10-26-15)30-23-4-2-3-22(20(23)14-27-30)29-24(31)19-12-16(5-8-21(19)25)13-28-34(32,33)18-6-7-18/h2-5,8-12,14,18,28H,6-7,13H2,1H3,(H,29,31). The molecule has 4 aromatic rings. The lowest BCUT2D eigenvalue weighted by Gasteiger charge is -2.11. The van der Waals surface area contributed by atoms with E-state index in [1.54, 1.807) is 41.3 Å². The van der Waals surface area contributed by atoms with E-state index in [-0.39, 0.29) is 22.4 Å². The van der Waals surface area contributed by atoms with Gasteiger partial charge in [0.15, 0.2) is 0 Å². The number of hydrogen-bond donors (Lipinski definition) is 2. The summed E-state index contributed by atoms with van der Waals surface area (Å²) in [6.07, 6.45) is 4.80. The molecule has 0 unspecified atom stereocenters. The average molecular weight is 496 g/mol. The van der Waals surface area contributed by atoms with Crippen molar-refractivity contribution in [3.05, 3.63) is 82.8 Å². The Morgan fingerprint density at radius 1 is 1.18 bits per heavy atom. The zero-order valence-corrected chi connectivity index (χ0v) is 19.9. The van der Waals surface area contributed by atoms with E-state index in [1.165, 1.54) is 0 Å². The second-order valence-electron chi connectivity index (χ2n) is 8.28. The molecule has 10 heteroatoms. The minimum Gasteiger partial charge on any atom is -0.321 e. The first kappa shape index (κ1) is 22.5. The van der Waals surface area contributed by atoms with Crippen LogP contribution in [0.15, 0.2) is 60.9 Å². The molecule has 5 rings (SSSR count). The number of fused-ring (bicyclic) bond motifs is 1. The van der Waals surface area contributed by atoms with Gasteiger partial charge in [-0.3, -0.25) is 9.78 Å². The van der Waals surface area contributed by atoms with Gasteiger partial charge in [0.2, 0.25) is 10.0 Å². The van der Waals surface area contributed by atoms with Gasteiger partial charge in [-0.25, -0.2) is 17.8 Å². The molecule has 34 heavy (non-hydrogen) atoms. The summed E-state index contributed by atoms with van der Waals surface area (Å²) < 4.78 is 28.6. The second-order valence-corrected chi connectivity index (χ2v) is 10.7. The van der Waals surface area contributed by atoms with Gasteiger partial charge >= 0.3 is 0 Å². The van der Waals surface area contributed by atoms with E-state index in [9.17, 15) is 13.2 Å². The molecule has 8 nitrogen and oxygen atoms in total. The van der Waals surface area contributed by atoms with Crippen LogP contribution in [0.4, 0.5) is 5.69 Å². The number of benzene rings is 2. The lowest BCUT2D eigenvalue weighted by Crippen LogP contribution is -2.26. The Balaban J connectivity index is 1.39. The van der Waals surface area contributed by atoms with Crippen molar-refractivity contribution in [2.45, 2.75) is 31.6 Å². The molecule has 1 fully saturated rings. The Labute approximate surface area is 202 Å². The van der Waals surface area contributed by atoms with E-state index in [1.807, 2.05) is 31.2 Å². The molecule has 1 aliphatic rings. The predicted molar refractivity (Wildman–Crippen MR) is 132 cm³/mol. The molecule has 2 aromatic carbocycles. The number of pyridine rings is 1. The molecular formula is C24H22ClN5O3S. The average Bonchev–Trinajstić information content (AvgIpc) is 3.59. The van der Waals surface area contributed by atoms with Gasteiger partial charge in [-0.05, 0) is 61.7 Å². The van der Waals surface area contributed by atoms with Gasteiger partial charge in [0.1, 0.15) is 0 Å². The number of amides is 1. The lowest BCUT2D eigenvalue weighted by atomic mass is 10.1. The molecule has 0 bridgehead atoms. The first-order chi connectivity index (χ1) is 16.3. The van der Waals surface area contributed by atoms with Crippen LogP contribution < -0.4 is 10.0 Å². The Hall–Kier alpha value is -3.27. The van der Waals surface area contributed by atoms with E-state index in [2.05, 4.69) is 20.1 Å². The molecule has 1 aliphatic carbocycles. The van der Waals surface area contributed by atoms with Crippen molar-refractivity contribution < 1.29 is 13.2 Å². The Morgan fingerprint density at radius 2 is 2.00 bits per heavy atom. The minimum atomic E-state index is -3.32. The van der Waals surface area contributed by atoms with Gasteiger partial charge in [-0.15, -0.1) is 0 Å². The highest BCUT2D eigenvalue weighted by atomic mass is 35.5. The van der Waals surface area contributed by atoms with Gasteiger partial charge < -0.3 is 5.32 Å². The molecule has 174 valence electrons. The van der Waals surface area contributed by atoms with E-state index < -0.39 is 15.9 Å². The molecule has 1 saturated carbocycles. The predicted octanol–water partition coefficient (Wildman–Crippen LogP) is 4.22. The van der Waals surface area contributed by atoms with Crippen molar-refractivity contribution in [3.63, 3.8) is 0 Å². The number of hydrogen-bond acceptors (Lipinski definition) is 5. The van der Waals surface area contributed by atoms with Crippen LogP contribution in [0.3, 0.4) is 0 Å². The van der Waals surface area contributed by atoms with Gasteiger partial charge in [-0.2, -0.15) is 5.10 Å². The summed E-state index contributed by atoms with van der Waals surface area (Å²) in [6, 6.07) is 14.3. The van der Waals surface area contributed by atoms with Crippen LogP contribution in [0.25, 0.3) is 16.6 Å². The quantitative estimate of drug-likeness (QED) is 0.399. The van der Waals surface area contributed by atoms with Crippen LogP contribution in [0, 0.1) is 6.92 Å². The highest BCUT2D eigenvalue weighted by Crippen LogP contribution is 2.29. The van der Waals surface area contributed by atoms with Crippen molar-refractivity contribution >= 4 is 44.1 Å². The highest BCUT2D eigenvalue weighted by Gasteiger charge is 2.35. The van der Waals surface area contributed by atoms with Crippen molar-refractivity contribution in [2.24, 2.45) is 0 Å². The maximum absolute atomic E-state index is 13.1. The molecule has 0 saturated heterocycles. The number of aryl methyl sites for hydroxylation is 1. The summed E-state index contributed by atoms with van der Waals surface area (Å²) in [4.78, 5) is 17.3. The molecule has 0 aliphatic heterocycles. The number of anilines is 1.